The van der Waals surface area contributed by atoms with Crippen LogP contribution in [0.2, 0.25) is 0 Å². The van der Waals surface area contributed by atoms with Gasteiger partial charge in [0, 0.05) is 25.2 Å². The van der Waals surface area contributed by atoms with Gasteiger partial charge in [-0.1, -0.05) is 39.0 Å². The second-order valence-electron chi connectivity index (χ2n) is 7.63. The summed E-state index contributed by atoms with van der Waals surface area (Å²) >= 11 is 0. The Balaban J connectivity index is 1.73. The maximum atomic E-state index is 12.8. The predicted molar refractivity (Wildman–Crippen MR) is 129 cm³/mol. The zero-order valence-electron chi connectivity index (χ0n) is 19.4. The normalized spacial score (nSPS) is 11.6. The van der Waals surface area contributed by atoms with Gasteiger partial charge in [-0.3, -0.25) is 29.6 Å². The van der Waals surface area contributed by atoms with Crippen molar-refractivity contribution in [2.24, 2.45) is 0 Å². The van der Waals surface area contributed by atoms with Gasteiger partial charge in [-0.25, -0.2) is 13.2 Å². The van der Waals surface area contributed by atoms with Crippen LogP contribution in [0.4, 0.5) is 0 Å². The molecule has 0 aliphatic rings. The highest BCUT2D eigenvalue weighted by atomic mass is 32.2. The average Bonchev–Trinajstić information content (AvgIpc) is 3.09. The molecule has 11 heteroatoms. The quantitative estimate of drug-likeness (QED) is 0.445. The highest BCUT2D eigenvalue weighted by Crippen LogP contribution is 2.17. The summed E-state index contributed by atoms with van der Waals surface area (Å²) in [6, 6.07) is 12.8. The molecule has 0 aliphatic heterocycles. The molecule has 0 saturated carbocycles. The molecule has 182 valence electrons. The molecule has 3 rings (SSSR count). The third-order valence-corrected chi connectivity index (χ3v) is 7.47. The molecule has 0 saturated heterocycles. The summed E-state index contributed by atoms with van der Waals surface area (Å²) in [7, 11) is -3.73. The zero-order chi connectivity index (χ0) is 24.9. The van der Waals surface area contributed by atoms with Gasteiger partial charge in [0.2, 0.25) is 10.0 Å². The van der Waals surface area contributed by atoms with Crippen molar-refractivity contribution in [3.63, 3.8) is 0 Å². The number of nitrogens with one attached hydrogen (secondary N) is 2. The highest BCUT2D eigenvalue weighted by molar-refractivity contribution is 7.89. The maximum Gasteiger partial charge on any atom is 0.329 e. The Bertz CT molecular complexity index is 1360. The number of aromatic nitrogens is 2. The van der Waals surface area contributed by atoms with E-state index in [1.807, 2.05) is 19.1 Å². The number of nitrogens with zero attached hydrogens (tertiary/aromatic N) is 3. The number of carbonyl (C=O) groups excluding carboxylic acids is 2. The van der Waals surface area contributed by atoms with Crippen LogP contribution in [0, 0.1) is 0 Å². The van der Waals surface area contributed by atoms with Crippen LogP contribution in [-0.4, -0.2) is 46.8 Å². The molecule has 1 heterocycles. The molecule has 3 aromatic rings. The number of hydrazine groups is 1. The molecule has 0 fully saturated rings. The van der Waals surface area contributed by atoms with Crippen LogP contribution in [-0.2, 0) is 27.9 Å². The molecule has 1 aromatic heterocycles. The van der Waals surface area contributed by atoms with Crippen LogP contribution >= 0.6 is 0 Å². The molecular formula is C23H29N5O5S. The van der Waals surface area contributed by atoms with Crippen LogP contribution < -0.4 is 16.5 Å². The molecule has 0 atom stereocenters. The third kappa shape index (κ3) is 5.05. The molecule has 2 aromatic carbocycles. The Labute approximate surface area is 198 Å². The molecule has 2 amide bonds. The van der Waals surface area contributed by atoms with Crippen molar-refractivity contribution in [1.29, 1.82) is 0 Å². The van der Waals surface area contributed by atoms with Crippen LogP contribution in [0.5, 0.6) is 0 Å². The lowest BCUT2D eigenvalue weighted by Gasteiger charge is -2.18. The minimum Gasteiger partial charge on any atom is -0.292 e. The van der Waals surface area contributed by atoms with Crippen LogP contribution in [0.25, 0.3) is 11.0 Å². The number of fused-ring (bicyclic) bond motifs is 1. The summed E-state index contributed by atoms with van der Waals surface area (Å²) in [5.41, 5.74) is 5.71. The fourth-order valence-corrected chi connectivity index (χ4v) is 5.26. The minimum absolute atomic E-state index is 0.00883. The van der Waals surface area contributed by atoms with E-state index in [2.05, 4.69) is 10.9 Å². The van der Waals surface area contributed by atoms with Gasteiger partial charge in [0.25, 0.3) is 11.8 Å². The number of para-hydroxylation sites is 2. The number of aryl methyl sites for hydroxylation is 1. The van der Waals surface area contributed by atoms with Crippen molar-refractivity contribution in [1.82, 2.24) is 24.3 Å². The lowest BCUT2D eigenvalue weighted by Crippen LogP contribution is -2.44. The first kappa shape index (κ1) is 25.2. The lowest BCUT2D eigenvalue weighted by atomic mass is 10.2. The second kappa shape index (κ2) is 10.7. The van der Waals surface area contributed by atoms with Crippen molar-refractivity contribution in [2.45, 2.75) is 45.2 Å². The van der Waals surface area contributed by atoms with Gasteiger partial charge in [0.1, 0.15) is 6.54 Å². The van der Waals surface area contributed by atoms with Crippen LogP contribution in [0.3, 0.4) is 0 Å². The summed E-state index contributed by atoms with van der Waals surface area (Å²) in [4.78, 5) is 37.9. The number of rotatable bonds is 9. The van der Waals surface area contributed by atoms with E-state index in [0.29, 0.717) is 25.2 Å². The van der Waals surface area contributed by atoms with Gasteiger partial charge in [-0.2, -0.15) is 4.31 Å². The predicted octanol–water partition coefficient (Wildman–Crippen LogP) is 1.70. The number of carbonyl (C=O) groups is 2. The topological polar surface area (TPSA) is 123 Å². The van der Waals surface area contributed by atoms with Gasteiger partial charge in [0.05, 0.1) is 15.9 Å². The van der Waals surface area contributed by atoms with E-state index < -0.39 is 21.8 Å². The standard InChI is InChI=1S/C23H29N5O5S/c1-4-14-27-19-12-7-8-13-20(19)28(23(27)31)16-21(29)24-25-22(30)17-10-9-11-18(15-17)34(32,33)26(5-2)6-3/h7-13,15H,4-6,14,16H2,1-3H3,(H,24,29)(H,25,30). The number of amides is 2. The zero-order valence-corrected chi connectivity index (χ0v) is 20.3. The first-order chi connectivity index (χ1) is 16.2. The Kier molecular flexibility index (Phi) is 7.90. The van der Waals surface area contributed by atoms with Gasteiger partial charge >= 0.3 is 5.69 Å². The van der Waals surface area contributed by atoms with E-state index in [4.69, 9.17) is 0 Å². The van der Waals surface area contributed by atoms with E-state index in [9.17, 15) is 22.8 Å². The minimum atomic E-state index is -3.73. The van der Waals surface area contributed by atoms with E-state index in [1.165, 1.54) is 33.1 Å². The SMILES string of the molecule is CCCn1c(=O)n(CC(=O)NNC(=O)c2cccc(S(=O)(=O)N(CC)CC)c2)c2ccccc21. The third-order valence-electron chi connectivity index (χ3n) is 5.43. The van der Waals surface area contributed by atoms with Crippen LogP contribution in [0.15, 0.2) is 58.2 Å². The molecule has 10 nitrogen and oxygen atoms in total. The Morgan fingerprint density at radius 1 is 0.912 bits per heavy atom. The Morgan fingerprint density at radius 3 is 2.18 bits per heavy atom. The summed E-state index contributed by atoms with van der Waals surface area (Å²) in [5.74, 6) is -1.27. The fraction of sp³-hybridized carbons (Fsp3) is 0.348. The highest BCUT2D eigenvalue weighted by Gasteiger charge is 2.23. The first-order valence-electron chi connectivity index (χ1n) is 11.1. The largest absolute Gasteiger partial charge is 0.329 e. The van der Waals surface area contributed by atoms with Gasteiger partial charge in [0.15, 0.2) is 0 Å². The van der Waals surface area contributed by atoms with E-state index in [-0.39, 0.29) is 22.7 Å². The van der Waals surface area contributed by atoms with E-state index in [0.717, 1.165) is 11.9 Å². The smallest absolute Gasteiger partial charge is 0.292 e. The van der Waals surface area contributed by atoms with Crippen molar-refractivity contribution in [3.05, 3.63) is 64.6 Å². The summed E-state index contributed by atoms with van der Waals surface area (Å²) < 4.78 is 29.7. The molecule has 0 unspecified atom stereocenters. The summed E-state index contributed by atoms with van der Waals surface area (Å²) in [5, 5.41) is 0. The molecule has 34 heavy (non-hydrogen) atoms. The molecule has 0 radical (unpaired) electrons. The first-order valence-corrected chi connectivity index (χ1v) is 12.6. The summed E-state index contributed by atoms with van der Waals surface area (Å²) in [6.45, 7) is 6.28. The van der Waals surface area contributed by atoms with Gasteiger partial charge < -0.3 is 0 Å². The molecule has 2 N–H and O–H groups in total. The van der Waals surface area contributed by atoms with E-state index in [1.54, 1.807) is 30.5 Å². The Hall–Kier alpha value is -3.44. The molecule has 0 spiro atoms. The van der Waals surface area contributed by atoms with Gasteiger partial charge in [-0.05, 0) is 36.8 Å². The number of imidazole rings is 1. The number of benzene rings is 2. The monoisotopic (exact) mass is 487 g/mol. The maximum absolute atomic E-state index is 12.8. The average molecular weight is 488 g/mol. The number of hydrogen-bond donors (Lipinski definition) is 2. The summed E-state index contributed by atoms with van der Waals surface area (Å²) in [6.07, 6.45) is 0.763. The van der Waals surface area contributed by atoms with E-state index >= 15 is 0 Å². The fourth-order valence-electron chi connectivity index (χ4n) is 3.76. The molecule has 0 bridgehead atoms. The van der Waals surface area contributed by atoms with Crippen molar-refractivity contribution < 1.29 is 18.0 Å². The van der Waals surface area contributed by atoms with Crippen molar-refractivity contribution in [2.75, 3.05) is 13.1 Å². The second-order valence-corrected chi connectivity index (χ2v) is 9.57. The van der Waals surface area contributed by atoms with Crippen molar-refractivity contribution in [3.8, 4) is 0 Å². The lowest BCUT2D eigenvalue weighted by molar-refractivity contribution is -0.122. The molecular weight excluding hydrogens is 458 g/mol. The van der Waals surface area contributed by atoms with Gasteiger partial charge in [-0.15, -0.1) is 0 Å². The van der Waals surface area contributed by atoms with Crippen molar-refractivity contribution >= 4 is 32.9 Å². The Morgan fingerprint density at radius 2 is 1.56 bits per heavy atom. The molecule has 0 aliphatic carbocycles. The number of hydrogen-bond acceptors (Lipinski definition) is 5. The number of sulfonamides is 1. The van der Waals surface area contributed by atoms with Crippen LogP contribution in [0.1, 0.15) is 37.6 Å².